The van der Waals surface area contributed by atoms with E-state index in [0.717, 1.165) is 0 Å². The van der Waals surface area contributed by atoms with Gasteiger partial charge in [0.1, 0.15) is 6.04 Å². The maximum atomic E-state index is 10.7. The molecule has 6 heteroatoms. The van der Waals surface area contributed by atoms with Crippen molar-refractivity contribution in [3.05, 3.63) is 22.2 Å². The maximum absolute atomic E-state index is 10.7. The van der Waals surface area contributed by atoms with E-state index in [1.165, 1.54) is 13.2 Å². The molecule has 1 aromatic rings. The van der Waals surface area contributed by atoms with E-state index in [-0.39, 0.29) is 17.9 Å². The average Bonchev–Trinajstić information content (AvgIpc) is 2.23. The second kappa shape index (κ2) is 5.18. The summed E-state index contributed by atoms with van der Waals surface area (Å²) < 4.78 is 5.66. The van der Waals surface area contributed by atoms with Crippen LogP contribution in [0, 0.1) is 0 Å². The number of halogens is 1. The van der Waals surface area contributed by atoms with Gasteiger partial charge in [0.25, 0.3) is 0 Å². The number of methoxy groups -OCH3 is 1. The molecule has 16 heavy (non-hydrogen) atoms. The average molecular weight is 290 g/mol. The number of carboxylic acids is 1. The minimum absolute atomic E-state index is 0.0433. The zero-order chi connectivity index (χ0) is 12.3. The summed E-state index contributed by atoms with van der Waals surface area (Å²) in [7, 11) is 1.40. The van der Waals surface area contributed by atoms with Gasteiger partial charge in [0.15, 0.2) is 11.5 Å². The Kier molecular flexibility index (Phi) is 4.14. The molecule has 1 unspecified atom stereocenters. The summed E-state index contributed by atoms with van der Waals surface area (Å²) in [5.74, 6) is -0.901. The molecule has 1 aromatic carbocycles. The van der Waals surface area contributed by atoms with Crippen molar-refractivity contribution in [1.29, 1.82) is 0 Å². The van der Waals surface area contributed by atoms with Gasteiger partial charge in [-0.3, -0.25) is 4.79 Å². The maximum Gasteiger partial charge on any atom is 0.320 e. The van der Waals surface area contributed by atoms with Gasteiger partial charge in [-0.25, -0.2) is 0 Å². The summed E-state index contributed by atoms with van der Waals surface area (Å²) >= 11 is 3.26. The molecule has 0 aliphatic rings. The molecule has 0 bridgehead atoms. The van der Waals surface area contributed by atoms with Crippen molar-refractivity contribution >= 4 is 21.9 Å². The first kappa shape index (κ1) is 12.8. The first-order chi connectivity index (χ1) is 7.47. The van der Waals surface area contributed by atoms with Crippen molar-refractivity contribution in [2.24, 2.45) is 5.73 Å². The Balaban J connectivity index is 3.11. The van der Waals surface area contributed by atoms with Crippen LogP contribution in [-0.2, 0) is 11.2 Å². The third-order valence-electron chi connectivity index (χ3n) is 2.13. The first-order valence-corrected chi connectivity index (χ1v) is 5.29. The lowest BCUT2D eigenvalue weighted by atomic mass is 10.1. The molecule has 0 heterocycles. The highest BCUT2D eigenvalue weighted by atomic mass is 79.9. The number of aliphatic carboxylic acids is 1. The zero-order valence-corrected chi connectivity index (χ0v) is 10.2. The monoisotopic (exact) mass is 289 g/mol. The lowest BCUT2D eigenvalue weighted by Crippen LogP contribution is -2.32. The van der Waals surface area contributed by atoms with Crippen LogP contribution < -0.4 is 10.5 Å². The molecule has 0 saturated heterocycles. The Hall–Kier alpha value is -1.27. The third-order valence-corrected chi connectivity index (χ3v) is 2.87. The fraction of sp³-hybridized carbons (Fsp3) is 0.300. The Bertz CT molecular complexity index is 408. The normalized spacial score (nSPS) is 12.2. The third kappa shape index (κ3) is 2.65. The molecule has 1 atom stereocenters. The largest absolute Gasteiger partial charge is 0.504 e. The lowest BCUT2D eigenvalue weighted by Gasteiger charge is -2.14. The van der Waals surface area contributed by atoms with Crippen molar-refractivity contribution in [2.75, 3.05) is 7.11 Å². The summed E-state index contributed by atoms with van der Waals surface area (Å²) in [6.45, 7) is 0. The molecule has 5 nitrogen and oxygen atoms in total. The van der Waals surface area contributed by atoms with E-state index in [1.54, 1.807) is 6.07 Å². The van der Waals surface area contributed by atoms with E-state index in [2.05, 4.69) is 15.9 Å². The van der Waals surface area contributed by atoms with E-state index in [1.807, 2.05) is 0 Å². The molecular weight excluding hydrogens is 278 g/mol. The molecule has 88 valence electrons. The number of rotatable bonds is 4. The number of aromatic hydroxyl groups is 1. The summed E-state index contributed by atoms with van der Waals surface area (Å²) in [5.41, 5.74) is 5.97. The molecule has 0 fully saturated rings. The van der Waals surface area contributed by atoms with Gasteiger partial charge in [0.2, 0.25) is 0 Å². The van der Waals surface area contributed by atoms with Crippen molar-refractivity contribution in [3.8, 4) is 11.5 Å². The van der Waals surface area contributed by atoms with Crippen molar-refractivity contribution in [3.63, 3.8) is 0 Å². The molecule has 1 rings (SSSR count). The number of ether oxygens (including phenoxy) is 1. The highest BCUT2D eigenvalue weighted by Gasteiger charge is 2.19. The van der Waals surface area contributed by atoms with Crippen LogP contribution in [0.3, 0.4) is 0 Å². The molecule has 0 saturated carbocycles. The van der Waals surface area contributed by atoms with E-state index in [9.17, 15) is 9.90 Å². The molecule has 0 amide bonds. The Morgan fingerprint density at radius 3 is 2.75 bits per heavy atom. The van der Waals surface area contributed by atoms with Crippen LogP contribution in [0.1, 0.15) is 5.56 Å². The van der Waals surface area contributed by atoms with E-state index in [0.29, 0.717) is 10.0 Å². The summed E-state index contributed by atoms with van der Waals surface area (Å²) in [6.07, 6.45) is 0.0769. The quantitative estimate of drug-likeness (QED) is 0.772. The van der Waals surface area contributed by atoms with Gasteiger partial charge >= 0.3 is 5.97 Å². The number of phenols is 1. The highest BCUT2D eigenvalue weighted by molar-refractivity contribution is 9.10. The lowest BCUT2D eigenvalue weighted by molar-refractivity contribution is -0.138. The van der Waals surface area contributed by atoms with Gasteiger partial charge in [0.05, 0.1) is 7.11 Å². The number of carboxylic acid groups (broad SMARTS) is 1. The second-order valence-electron chi connectivity index (χ2n) is 3.23. The van der Waals surface area contributed by atoms with Crippen LogP contribution in [0.25, 0.3) is 0 Å². The van der Waals surface area contributed by atoms with Crippen molar-refractivity contribution in [2.45, 2.75) is 12.5 Å². The Morgan fingerprint density at radius 2 is 2.25 bits per heavy atom. The predicted octanol–water partition coefficient (Wildman–Crippen LogP) is 1.12. The zero-order valence-electron chi connectivity index (χ0n) is 8.61. The molecule has 0 aromatic heterocycles. The van der Waals surface area contributed by atoms with Crippen LogP contribution in [0.2, 0.25) is 0 Å². The van der Waals surface area contributed by atoms with Crippen LogP contribution in [0.15, 0.2) is 16.6 Å². The molecule has 0 spiro atoms. The molecule has 4 N–H and O–H groups in total. The number of phenolic OH excluding ortho intramolecular Hbond substituents is 1. The summed E-state index contributed by atoms with van der Waals surface area (Å²) in [6, 6.07) is 2.03. The van der Waals surface area contributed by atoms with E-state index in [4.69, 9.17) is 15.6 Å². The van der Waals surface area contributed by atoms with Crippen LogP contribution in [-0.4, -0.2) is 29.3 Å². The second-order valence-corrected chi connectivity index (χ2v) is 4.08. The number of nitrogens with two attached hydrogens (primary N) is 1. The molecule has 0 aliphatic carbocycles. The number of carbonyl (C=O) groups is 1. The highest BCUT2D eigenvalue weighted by Crippen LogP contribution is 2.35. The van der Waals surface area contributed by atoms with Gasteiger partial charge in [-0.05, 0) is 12.1 Å². The van der Waals surface area contributed by atoms with Gasteiger partial charge in [-0.2, -0.15) is 0 Å². The van der Waals surface area contributed by atoms with Crippen LogP contribution >= 0.6 is 15.9 Å². The standard InChI is InChI=1S/C10H12BrNO4/c1-16-9-5(4-7(12)10(14)15)6(11)2-3-8(9)13/h2-3,7,13H,4,12H2,1H3,(H,14,15). The predicted molar refractivity (Wildman–Crippen MR) is 61.7 cm³/mol. The smallest absolute Gasteiger partial charge is 0.320 e. The molecular formula is C10H12BrNO4. The van der Waals surface area contributed by atoms with Gasteiger partial charge in [-0.15, -0.1) is 0 Å². The number of benzene rings is 1. The summed E-state index contributed by atoms with van der Waals surface area (Å²) in [5, 5.41) is 18.3. The number of hydrogen-bond acceptors (Lipinski definition) is 4. The minimum Gasteiger partial charge on any atom is -0.504 e. The van der Waals surface area contributed by atoms with E-state index >= 15 is 0 Å². The Morgan fingerprint density at radius 1 is 1.62 bits per heavy atom. The SMILES string of the molecule is COc1c(O)ccc(Br)c1CC(N)C(=O)O. The Labute approximate surface area is 101 Å². The topological polar surface area (TPSA) is 92.8 Å². The fourth-order valence-electron chi connectivity index (χ4n) is 1.32. The van der Waals surface area contributed by atoms with E-state index < -0.39 is 12.0 Å². The van der Waals surface area contributed by atoms with Gasteiger partial charge < -0.3 is 20.7 Å². The van der Waals surface area contributed by atoms with Crippen molar-refractivity contribution < 1.29 is 19.7 Å². The van der Waals surface area contributed by atoms with Gasteiger partial charge in [-0.1, -0.05) is 15.9 Å². The fourth-order valence-corrected chi connectivity index (χ4v) is 1.79. The van der Waals surface area contributed by atoms with Crippen molar-refractivity contribution in [1.82, 2.24) is 0 Å². The summed E-state index contributed by atoms with van der Waals surface area (Å²) in [4.78, 5) is 10.7. The first-order valence-electron chi connectivity index (χ1n) is 4.50. The van der Waals surface area contributed by atoms with Gasteiger partial charge in [0, 0.05) is 16.5 Å². The number of hydrogen-bond donors (Lipinski definition) is 3. The molecule has 0 aliphatic heterocycles. The van der Waals surface area contributed by atoms with Crippen LogP contribution in [0.4, 0.5) is 0 Å². The molecule has 0 radical (unpaired) electrons. The van der Waals surface area contributed by atoms with Crippen LogP contribution in [0.5, 0.6) is 11.5 Å². The minimum atomic E-state index is -1.10.